The van der Waals surface area contributed by atoms with E-state index in [0.29, 0.717) is 12.6 Å². The maximum absolute atomic E-state index is 11.9. The standard InChI is InChI=1S/C17H36N2O2/c1-8-19(9-2)12-10-11-15(4)18-13-14(3)16(20)21-17(5,6)7/h14-15,18H,8-13H2,1-7H3/t14-,15-/m1/s1. The van der Waals surface area contributed by atoms with Gasteiger partial charge in [0.1, 0.15) is 5.60 Å². The van der Waals surface area contributed by atoms with E-state index in [4.69, 9.17) is 4.74 Å². The zero-order chi connectivity index (χ0) is 16.5. The highest BCUT2D eigenvalue weighted by molar-refractivity contribution is 5.72. The Balaban J connectivity index is 3.86. The second kappa shape index (κ2) is 10.2. The topological polar surface area (TPSA) is 41.6 Å². The average molecular weight is 300 g/mol. The molecule has 0 aromatic carbocycles. The van der Waals surface area contributed by atoms with Crippen molar-refractivity contribution in [3.8, 4) is 0 Å². The summed E-state index contributed by atoms with van der Waals surface area (Å²) < 4.78 is 5.39. The summed E-state index contributed by atoms with van der Waals surface area (Å²) in [5.41, 5.74) is -0.402. The second-order valence-electron chi connectivity index (χ2n) is 6.91. The molecular weight excluding hydrogens is 264 g/mol. The van der Waals surface area contributed by atoms with Crippen LogP contribution in [0.1, 0.15) is 61.3 Å². The van der Waals surface area contributed by atoms with Gasteiger partial charge in [-0.25, -0.2) is 0 Å². The summed E-state index contributed by atoms with van der Waals surface area (Å²) in [6.07, 6.45) is 2.33. The number of hydrogen-bond acceptors (Lipinski definition) is 4. The van der Waals surface area contributed by atoms with E-state index < -0.39 is 5.60 Å². The first-order chi connectivity index (χ1) is 9.69. The van der Waals surface area contributed by atoms with E-state index in [2.05, 4.69) is 31.0 Å². The molecule has 4 nitrogen and oxygen atoms in total. The lowest BCUT2D eigenvalue weighted by Crippen LogP contribution is -2.36. The summed E-state index contributed by atoms with van der Waals surface area (Å²) in [6, 6.07) is 0.436. The molecule has 0 fully saturated rings. The summed E-state index contributed by atoms with van der Waals surface area (Å²) in [6.45, 7) is 18.3. The zero-order valence-corrected chi connectivity index (χ0v) is 15.2. The Morgan fingerprint density at radius 1 is 1.19 bits per heavy atom. The highest BCUT2D eigenvalue weighted by atomic mass is 16.6. The van der Waals surface area contributed by atoms with Crippen LogP contribution in [0.2, 0.25) is 0 Å². The Morgan fingerprint density at radius 3 is 2.24 bits per heavy atom. The third kappa shape index (κ3) is 10.7. The van der Waals surface area contributed by atoms with Crippen molar-refractivity contribution < 1.29 is 9.53 Å². The molecule has 4 heteroatoms. The van der Waals surface area contributed by atoms with Gasteiger partial charge in [-0.05, 0) is 60.2 Å². The number of hydrogen-bond donors (Lipinski definition) is 1. The highest BCUT2D eigenvalue weighted by Crippen LogP contribution is 2.11. The van der Waals surface area contributed by atoms with Crippen molar-refractivity contribution in [1.29, 1.82) is 0 Å². The largest absolute Gasteiger partial charge is 0.460 e. The fourth-order valence-electron chi connectivity index (χ4n) is 2.13. The lowest BCUT2D eigenvalue weighted by molar-refractivity contribution is -0.159. The van der Waals surface area contributed by atoms with Gasteiger partial charge in [-0.2, -0.15) is 0 Å². The van der Waals surface area contributed by atoms with Crippen molar-refractivity contribution in [3.63, 3.8) is 0 Å². The van der Waals surface area contributed by atoms with Gasteiger partial charge in [-0.3, -0.25) is 4.79 Å². The number of ether oxygens (including phenoxy) is 1. The number of nitrogens with zero attached hydrogens (tertiary/aromatic N) is 1. The molecule has 0 amide bonds. The molecule has 0 bridgehead atoms. The van der Waals surface area contributed by atoms with E-state index in [-0.39, 0.29) is 11.9 Å². The molecule has 0 aromatic heterocycles. The molecule has 0 unspecified atom stereocenters. The summed E-state index contributed by atoms with van der Waals surface area (Å²) in [4.78, 5) is 14.3. The van der Waals surface area contributed by atoms with Crippen molar-refractivity contribution in [2.45, 2.75) is 73.0 Å². The zero-order valence-electron chi connectivity index (χ0n) is 15.2. The summed E-state index contributed by atoms with van der Waals surface area (Å²) in [7, 11) is 0. The Kier molecular flexibility index (Phi) is 9.88. The maximum atomic E-state index is 11.9. The lowest BCUT2D eigenvalue weighted by Gasteiger charge is -2.24. The van der Waals surface area contributed by atoms with Gasteiger partial charge in [0.25, 0.3) is 0 Å². The van der Waals surface area contributed by atoms with Gasteiger partial charge in [-0.15, -0.1) is 0 Å². The van der Waals surface area contributed by atoms with Crippen molar-refractivity contribution in [1.82, 2.24) is 10.2 Å². The van der Waals surface area contributed by atoms with E-state index in [1.54, 1.807) is 0 Å². The Bertz CT molecular complexity index is 283. The van der Waals surface area contributed by atoms with Crippen LogP contribution in [0.4, 0.5) is 0 Å². The summed E-state index contributed by atoms with van der Waals surface area (Å²) in [5.74, 6) is -0.222. The van der Waals surface area contributed by atoms with Crippen LogP contribution in [0.5, 0.6) is 0 Å². The summed E-state index contributed by atoms with van der Waals surface area (Å²) in [5, 5.41) is 3.44. The van der Waals surface area contributed by atoms with Crippen molar-refractivity contribution in [2.24, 2.45) is 5.92 Å². The van der Waals surface area contributed by atoms with Crippen LogP contribution < -0.4 is 5.32 Å². The SMILES string of the molecule is CCN(CC)CCC[C@@H](C)NC[C@@H](C)C(=O)OC(C)(C)C. The van der Waals surface area contributed by atoms with Gasteiger partial charge >= 0.3 is 5.97 Å². The number of rotatable bonds is 10. The number of carbonyl (C=O) groups is 1. The second-order valence-corrected chi connectivity index (χ2v) is 6.91. The molecule has 0 heterocycles. The fourth-order valence-corrected chi connectivity index (χ4v) is 2.13. The number of esters is 1. The number of nitrogens with one attached hydrogen (secondary N) is 1. The Labute approximate surface area is 131 Å². The van der Waals surface area contributed by atoms with Gasteiger partial charge in [-0.1, -0.05) is 20.8 Å². The maximum Gasteiger partial charge on any atom is 0.310 e. The quantitative estimate of drug-likeness (QED) is 0.630. The van der Waals surface area contributed by atoms with Gasteiger partial charge in [0.05, 0.1) is 5.92 Å². The predicted octanol–water partition coefficient (Wildman–Crippen LogP) is 3.06. The van der Waals surface area contributed by atoms with E-state index in [0.717, 1.165) is 26.1 Å². The molecule has 0 saturated carbocycles. The highest BCUT2D eigenvalue weighted by Gasteiger charge is 2.21. The minimum atomic E-state index is -0.402. The smallest absolute Gasteiger partial charge is 0.310 e. The van der Waals surface area contributed by atoms with Crippen molar-refractivity contribution in [3.05, 3.63) is 0 Å². The van der Waals surface area contributed by atoms with Crippen LogP contribution in [-0.2, 0) is 9.53 Å². The molecule has 0 aromatic rings. The van der Waals surface area contributed by atoms with E-state index in [1.165, 1.54) is 6.42 Å². The van der Waals surface area contributed by atoms with E-state index in [1.807, 2.05) is 27.7 Å². The lowest BCUT2D eigenvalue weighted by atomic mass is 10.1. The third-order valence-electron chi connectivity index (χ3n) is 3.59. The Hall–Kier alpha value is -0.610. The summed E-state index contributed by atoms with van der Waals surface area (Å²) >= 11 is 0. The first kappa shape index (κ1) is 20.4. The van der Waals surface area contributed by atoms with Crippen LogP contribution >= 0.6 is 0 Å². The molecule has 0 rings (SSSR count). The third-order valence-corrected chi connectivity index (χ3v) is 3.59. The van der Waals surface area contributed by atoms with Crippen LogP contribution in [0, 0.1) is 5.92 Å². The molecule has 1 N–H and O–H groups in total. The number of carbonyl (C=O) groups excluding carboxylic acids is 1. The molecule has 0 aliphatic heterocycles. The van der Waals surface area contributed by atoms with Crippen molar-refractivity contribution in [2.75, 3.05) is 26.2 Å². The first-order valence-corrected chi connectivity index (χ1v) is 8.38. The average Bonchev–Trinajstić information content (AvgIpc) is 2.39. The van der Waals surface area contributed by atoms with E-state index in [9.17, 15) is 4.79 Å². The molecule has 0 aliphatic carbocycles. The van der Waals surface area contributed by atoms with Crippen LogP contribution in [0.15, 0.2) is 0 Å². The normalized spacial score (nSPS) is 15.0. The fraction of sp³-hybridized carbons (Fsp3) is 0.941. The first-order valence-electron chi connectivity index (χ1n) is 8.38. The molecule has 0 spiro atoms. The molecule has 0 saturated heterocycles. The van der Waals surface area contributed by atoms with Gasteiger partial charge in [0, 0.05) is 12.6 Å². The van der Waals surface area contributed by atoms with Gasteiger partial charge in [0.15, 0.2) is 0 Å². The van der Waals surface area contributed by atoms with Crippen LogP contribution in [0.25, 0.3) is 0 Å². The predicted molar refractivity (Wildman–Crippen MR) is 89.5 cm³/mol. The minimum absolute atomic E-state index is 0.102. The van der Waals surface area contributed by atoms with Crippen molar-refractivity contribution >= 4 is 5.97 Å². The molecule has 0 radical (unpaired) electrons. The monoisotopic (exact) mass is 300 g/mol. The molecule has 21 heavy (non-hydrogen) atoms. The van der Waals surface area contributed by atoms with Crippen LogP contribution in [0.3, 0.4) is 0 Å². The molecule has 0 aliphatic rings. The van der Waals surface area contributed by atoms with Crippen LogP contribution in [-0.4, -0.2) is 48.7 Å². The molecule has 2 atom stereocenters. The van der Waals surface area contributed by atoms with E-state index >= 15 is 0 Å². The van der Waals surface area contributed by atoms with Gasteiger partial charge in [0.2, 0.25) is 0 Å². The molecule has 126 valence electrons. The minimum Gasteiger partial charge on any atom is -0.460 e. The molecular formula is C17H36N2O2. The Morgan fingerprint density at radius 2 is 1.76 bits per heavy atom. The van der Waals surface area contributed by atoms with Gasteiger partial charge < -0.3 is 15.0 Å².